The van der Waals surface area contributed by atoms with Crippen LogP contribution in [0.15, 0.2) is 24.3 Å². The molecule has 0 amide bonds. The molecule has 1 aliphatic carbocycles. The van der Waals surface area contributed by atoms with Crippen molar-refractivity contribution in [1.82, 2.24) is 0 Å². The number of carbonyl (C=O) groups is 1. The molecule has 1 aliphatic rings. The second-order valence-corrected chi connectivity index (χ2v) is 6.22. The van der Waals surface area contributed by atoms with Crippen LogP contribution in [-0.2, 0) is 12.8 Å². The summed E-state index contributed by atoms with van der Waals surface area (Å²) in [4.78, 5) is 24.0. The van der Waals surface area contributed by atoms with Gasteiger partial charge < -0.3 is 5.73 Å². The summed E-state index contributed by atoms with van der Waals surface area (Å²) in [7, 11) is 0. The number of anilines is 1. The fourth-order valence-corrected chi connectivity index (χ4v) is 3.87. The lowest BCUT2D eigenvalue weighted by Gasteiger charge is -2.12. The average molecular weight is 302 g/mol. The topological polar surface area (TPSA) is 86.2 Å². The second-order valence-electron chi connectivity index (χ2n) is 5.08. The van der Waals surface area contributed by atoms with Crippen molar-refractivity contribution in [2.24, 2.45) is 0 Å². The Morgan fingerprint density at radius 3 is 2.52 bits per heavy atom. The molecule has 3 rings (SSSR count). The molecule has 0 bridgehead atoms. The van der Waals surface area contributed by atoms with Crippen LogP contribution < -0.4 is 5.73 Å². The molecule has 0 spiro atoms. The number of nitrogen functional groups attached to an aromatic ring is 1. The number of nitro groups is 1. The van der Waals surface area contributed by atoms with Crippen LogP contribution in [0, 0.1) is 10.1 Å². The number of fused-ring (bicyclic) bond motifs is 1. The van der Waals surface area contributed by atoms with E-state index in [0.717, 1.165) is 31.2 Å². The summed E-state index contributed by atoms with van der Waals surface area (Å²) in [5, 5.41) is 11.2. The maximum absolute atomic E-state index is 12.6. The highest BCUT2D eigenvalue weighted by atomic mass is 32.1. The van der Waals surface area contributed by atoms with Crippen LogP contribution in [0.3, 0.4) is 0 Å². The monoisotopic (exact) mass is 302 g/mol. The van der Waals surface area contributed by atoms with Crippen LogP contribution in [0.2, 0.25) is 0 Å². The van der Waals surface area contributed by atoms with Gasteiger partial charge in [0.15, 0.2) is 5.78 Å². The fraction of sp³-hybridized carbons (Fsp3) is 0.267. The molecule has 1 heterocycles. The molecule has 1 aromatic heterocycles. The van der Waals surface area contributed by atoms with Crippen molar-refractivity contribution >= 4 is 27.8 Å². The number of hydrogen-bond acceptors (Lipinski definition) is 5. The zero-order valence-corrected chi connectivity index (χ0v) is 12.1. The normalized spacial score (nSPS) is 13.7. The number of carbonyl (C=O) groups excluding carboxylic acids is 1. The first-order valence-electron chi connectivity index (χ1n) is 6.77. The number of thiophene rings is 1. The van der Waals surface area contributed by atoms with E-state index in [9.17, 15) is 14.9 Å². The molecule has 6 heteroatoms. The first kappa shape index (κ1) is 13.8. The summed E-state index contributed by atoms with van der Waals surface area (Å²) in [6.07, 6.45) is 4.08. The maximum atomic E-state index is 12.6. The molecule has 0 unspecified atom stereocenters. The van der Waals surface area contributed by atoms with Gasteiger partial charge in [-0.15, -0.1) is 11.3 Å². The van der Waals surface area contributed by atoms with Gasteiger partial charge >= 0.3 is 0 Å². The standard InChI is InChI=1S/C15H14N2O3S/c16-15-13(11-3-1-2-4-12(11)21-15)14(18)9-5-7-10(8-6-9)17(19)20/h5-8H,1-4,16H2. The largest absolute Gasteiger partial charge is 0.390 e. The molecule has 0 saturated carbocycles. The molecule has 0 aliphatic heterocycles. The molecule has 0 fully saturated rings. The van der Waals surface area contributed by atoms with Gasteiger partial charge in [-0.3, -0.25) is 14.9 Å². The summed E-state index contributed by atoms with van der Waals surface area (Å²) >= 11 is 1.50. The number of hydrogen-bond donors (Lipinski definition) is 1. The smallest absolute Gasteiger partial charge is 0.269 e. The van der Waals surface area contributed by atoms with Gasteiger partial charge in [-0.1, -0.05) is 0 Å². The SMILES string of the molecule is Nc1sc2c(c1C(=O)c1ccc([N+](=O)[O-])cc1)CCCC2. The Labute approximate surface area is 125 Å². The van der Waals surface area contributed by atoms with Gasteiger partial charge in [0.2, 0.25) is 0 Å². The van der Waals surface area contributed by atoms with E-state index in [0.29, 0.717) is 16.1 Å². The first-order chi connectivity index (χ1) is 10.1. The van der Waals surface area contributed by atoms with Crippen molar-refractivity contribution in [1.29, 1.82) is 0 Å². The molecule has 2 N–H and O–H groups in total. The molecule has 0 atom stereocenters. The molecule has 0 saturated heterocycles. The Bertz CT molecular complexity index is 719. The first-order valence-corrected chi connectivity index (χ1v) is 7.58. The predicted molar refractivity (Wildman–Crippen MR) is 81.9 cm³/mol. The van der Waals surface area contributed by atoms with Crippen molar-refractivity contribution < 1.29 is 9.72 Å². The predicted octanol–water partition coefficient (Wildman–Crippen LogP) is 3.35. The Hall–Kier alpha value is -2.21. The molecule has 5 nitrogen and oxygen atoms in total. The molecule has 21 heavy (non-hydrogen) atoms. The third-order valence-electron chi connectivity index (χ3n) is 3.77. The zero-order valence-electron chi connectivity index (χ0n) is 11.3. The van der Waals surface area contributed by atoms with Gasteiger partial charge in [0, 0.05) is 22.6 Å². The minimum absolute atomic E-state index is 0.0214. The fourth-order valence-electron chi connectivity index (χ4n) is 2.71. The van der Waals surface area contributed by atoms with E-state index >= 15 is 0 Å². The van der Waals surface area contributed by atoms with E-state index in [-0.39, 0.29) is 11.5 Å². The van der Waals surface area contributed by atoms with Crippen molar-refractivity contribution in [2.75, 3.05) is 5.73 Å². The summed E-state index contributed by atoms with van der Waals surface area (Å²) < 4.78 is 0. The van der Waals surface area contributed by atoms with Crippen molar-refractivity contribution in [3.05, 3.63) is 55.9 Å². The number of nitrogens with two attached hydrogens (primary N) is 1. The van der Waals surface area contributed by atoms with Gasteiger partial charge in [-0.25, -0.2) is 0 Å². The number of non-ortho nitro benzene ring substituents is 1. The van der Waals surface area contributed by atoms with E-state index in [1.165, 1.54) is 40.5 Å². The Morgan fingerprint density at radius 2 is 1.86 bits per heavy atom. The number of nitro benzene ring substituents is 1. The van der Waals surface area contributed by atoms with Crippen molar-refractivity contribution in [2.45, 2.75) is 25.7 Å². The number of nitrogens with zero attached hydrogens (tertiary/aromatic N) is 1. The molecule has 2 aromatic rings. The molecular formula is C15H14N2O3S. The van der Waals surface area contributed by atoms with E-state index in [1.54, 1.807) is 0 Å². The Kier molecular flexibility index (Phi) is 3.47. The van der Waals surface area contributed by atoms with Gasteiger partial charge in [-0.05, 0) is 43.4 Å². The summed E-state index contributed by atoms with van der Waals surface area (Å²) in [5.41, 5.74) is 8.13. The molecular weight excluding hydrogens is 288 g/mol. The zero-order chi connectivity index (χ0) is 15.0. The van der Waals surface area contributed by atoms with E-state index in [2.05, 4.69) is 0 Å². The molecule has 0 radical (unpaired) electrons. The lowest BCUT2D eigenvalue weighted by Crippen LogP contribution is -2.09. The highest BCUT2D eigenvalue weighted by Crippen LogP contribution is 2.37. The molecule has 1 aromatic carbocycles. The Balaban J connectivity index is 1.99. The number of rotatable bonds is 3. The number of benzene rings is 1. The van der Waals surface area contributed by atoms with Gasteiger partial charge in [0.1, 0.15) is 0 Å². The second kappa shape index (κ2) is 5.29. The highest BCUT2D eigenvalue weighted by Gasteiger charge is 2.25. The van der Waals surface area contributed by atoms with Crippen LogP contribution in [0.4, 0.5) is 10.7 Å². The molecule has 108 valence electrons. The van der Waals surface area contributed by atoms with E-state index < -0.39 is 4.92 Å². The van der Waals surface area contributed by atoms with Gasteiger partial charge in [0.05, 0.1) is 15.5 Å². The number of aryl methyl sites for hydroxylation is 1. The van der Waals surface area contributed by atoms with Crippen LogP contribution in [0.5, 0.6) is 0 Å². The third kappa shape index (κ3) is 2.42. The van der Waals surface area contributed by atoms with Crippen LogP contribution >= 0.6 is 11.3 Å². The van der Waals surface area contributed by atoms with Gasteiger partial charge in [-0.2, -0.15) is 0 Å². The summed E-state index contributed by atoms with van der Waals surface area (Å²) in [6.45, 7) is 0. The Morgan fingerprint density at radius 1 is 1.19 bits per heavy atom. The van der Waals surface area contributed by atoms with E-state index in [4.69, 9.17) is 5.73 Å². The summed E-state index contributed by atoms with van der Waals surface area (Å²) in [5.74, 6) is -0.137. The minimum Gasteiger partial charge on any atom is -0.390 e. The average Bonchev–Trinajstić information content (AvgIpc) is 2.82. The van der Waals surface area contributed by atoms with Crippen LogP contribution in [-0.4, -0.2) is 10.7 Å². The lowest BCUT2D eigenvalue weighted by molar-refractivity contribution is -0.384. The van der Waals surface area contributed by atoms with Crippen molar-refractivity contribution in [3.8, 4) is 0 Å². The van der Waals surface area contributed by atoms with Crippen LogP contribution in [0.1, 0.15) is 39.2 Å². The summed E-state index contributed by atoms with van der Waals surface area (Å²) in [6, 6.07) is 5.68. The van der Waals surface area contributed by atoms with Gasteiger partial charge in [0.25, 0.3) is 5.69 Å². The lowest BCUT2D eigenvalue weighted by atomic mass is 9.92. The number of ketones is 1. The maximum Gasteiger partial charge on any atom is 0.269 e. The van der Waals surface area contributed by atoms with Crippen molar-refractivity contribution in [3.63, 3.8) is 0 Å². The quantitative estimate of drug-likeness (QED) is 0.535. The minimum atomic E-state index is -0.477. The van der Waals surface area contributed by atoms with E-state index in [1.807, 2.05) is 0 Å². The third-order valence-corrected chi connectivity index (χ3v) is 4.89. The van der Waals surface area contributed by atoms with Crippen LogP contribution in [0.25, 0.3) is 0 Å². The highest BCUT2D eigenvalue weighted by molar-refractivity contribution is 7.16.